The Morgan fingerprint density at radius 3 is 2.32 bits per heavy atom. The van der Waals surface area contributed by atoms with Gasteiger partial charge in [0.25, 0.3) is 5.91 Å². The van der Waals surface area contributed by atoms with E-state index in [1.807, 2.05) is 6.92 Å². The van der Waals surface area contributed by atoms with Crippen molar-refractivity contribution in [1.82, 2.24) is 4.31 Å². The third-order valence-electron chi connectivity index (χ3n) is 4.76. The second-order valence-electron chi connectivity index (χ2n) is 7.05. The van der Waals surface area contributed by atoms with Crippen molar-refractivity contribution in [2.24, 2.45) is 0 Å². The molecule has 1 aliphatic rings. The zero-order valence-electron chi connectivity index (χ0n) is 17.1. The predicted molar refractivity (Wildman–Crippen MR) is 114 cm³/mol. The van der Waals surface area contributed by atoms with Gasteiger partial charge in [-0.15, -0.1) is 6.58 Å². The molecule has 9 heteroatoms. The second-order valence-corrected chi connectivity index (χ2v) is 8.94. The van der Waals surface area contributed by atoms with Crippen molar-refractivity contribution in [3.05, 3.63) is 66.7 Å². The standard InChI is InChI=1S/C22H22N2O6S/c1-4-13-23(31(28,29)19-11-5-15(2)6-12-19)20-14-21(26)24(22(20)27)17-7-9-18(10-8-17)30-16(3)25/h4-12,20H,1,13-14H2,2-3H3. The Morgan fingerprint density at radius 1 is 1.16 bits per heavy atom. The van der Waals surface area contributed by atoms with E-state index < -0.39 is 33.8 Å². The van der Waals surface area contributed by atoms with Gasteiger partial charge in [-0.1, -0.05) is 23.8 Å². The van der Waals surface area contributed by atoms with E-state index in [1.165, 1.54) is 49.4 Å². The predicted octanol–water partition coefficient (Wildman–Crippen LogP) is 2.43. The van der Waals surface area contributed by atoms with Gasteiger partial charge in [0.15, 0.2) is 0 Å². The van der Waals surface area contributed by atoms with Gasteiger partial charge < -0.3 is 4.74 Å². The third-order valence-corrected chi connectivity index (χ3v) is 6.65. The molecule has 2 aromatic rings. The van der Waals surface area contributed by atoms with E-state index in [0.29, 0.717) is 0 Å². The van der Waals surface area contributed by atoms with Crippen LogP contribution in [0.25, 0.3) is 0 Å². The smallest absolute Gasteiger partial charge is 0.308 e. The second kappa shape index (κ2) is 8.83. The zero-order valence-corrected chi connectivity index (χ0v) is 18.0. The molecule has 1 unspecified atom stereocenters. The molecule has 0 radical (unpaired) electrons. The van der Waals surface area contributed by atoms with E-state index in [9.17, 15) is 22.8 Å². The fourth-order valence-corrected chi connectivity index (χ4v) is 4.86. The highest BCUT2D eigenvalue weighted by atomic mass is 32.2. The van der Waals surface area contributed by atoms with Crippen molar-refractivity contribution >= 4 is 33.5 Å². The minimum atomic E-state index is -4.04. The molecular weight excluding hydrogens is 420 g/mol. The molecule has 162 valence electrons. The number of amides is 2. The average Bonchev–Trinajstić information content (AvgIpc) is 3.00. The summed E-state index contributed by atoms with van der Waals surface area (Å²) in [5.74, 6) is -1.41. The lowest BCUT2D eigenvalue weighted by Crippen LogP contribution is -2.45. The number of sulfonamides is 1. The molecule has 0 aliphatic carbocycles. The highest BCUT2D eigenvalue weighted by Crippen LogP contribution is 2.30. The van der Waals surface area contributed by atoms with Gasteiger partial charge in [0, 0.05) is 13.5 Å². The maximum Gasteiger partial charge on any atom is 0.308 e. The number of hydrogen-bond acceptors (Lipinski definition) is 6. The molecule has 31 heavy (non-hydrogen) atoms. The molecule has 0 aromatic heterocycles. The first kappa shape index (κ1) is 22.4. The van der Waals surface area contributed by atoms with Crippen molar-refractivity contribution in [3.63, 3.8) is 0 Å². The summed E-state index contributed by atoms with van der Waals surface area (Å²) in [6.45, 7) is 6.56. The van der Waals surface area contributed by atoms with Crippen LogP contribution in [0.1, 0.15) is 18.9 Å². The summed E-state index contributed by atoms with van der Waals surface area (Å²) in [6.07, 6.45) is 1.09. The quantitative estimate of drug-likeness (QED) is 0.283. The van der Waals surface area contributed by atoms with Crippen LogP contribution in [0, 0.1) is 6.92 Å². The van der Waals surface area contributed by atoms with Crippen molar-refractivity contribution < 1.29 is 27.5 Å². The number of imide groups is 1. The van der Waals surface area contributed by atoms with Crippen molar-refractivity contribution in [1.29, 1.82) is 0 Å². The molecule has 0 spiro atoms. The third kappa shape index (κ3) is 4.57. The first-order valence-corrected chi connectivity index (χ1v) is 10.9. The van der Waals surface area contributed by atoms with Gasteiger partial charge in [-0.3, -0.25) is 14.4 Å². The van der Waals surface area contributed by atoms with E-state index in [1.54, 1.807) is 12.1 Å². The number of nitrogens with zero attached hydrogens (tertiary/aromatic N) is 2. The van der Waals surface area contributed by atoms with Gasteiger partial charge in [0.1, 0.15) is 11.8 Å². The normalized spacial score (nSPS) is 16.6. The molecule has 1 saturated heterocycles. The van der Waals surface area contributed by atoms with Gasteiger partial charge in [-0.25, -0.2) is 13.3 Å². The largest absolute Gasteiger partial charge is 0.427 e. The molecule has 1 aliphatic heterocycles. The number of anilines is 1. The molecule has 2 aromatic carbocycles. The van der Waals surface area contributed by atoms with E-state index in [-0.39, 0.29) is 29.3 Å². The number of carbonyl (C=O) groups is 3. The number of aryl methyl sites for hydroxylation is 1. The van der Waals surface area contributed by atoms with E-state index in [4.69, 9.17) is 4.74 Å². The first-order valence-electron chi connectivity index (χ1n) is 9.50. The summed E-state index contributed by atoms with van der Waals surface area (Å²) in [4.78, 5) is 37.8. The highest BCUT2D eigenvalue weighted by Gasteiger charge is 2.46. The van der Waals surface area contributed by atoms with Gasteiger partial charge in [0.2, 0.25) is 15.9 Å². The first-order chi connectivity index (χ1) is 14.6. The van der Waals surface area contributed by atoms with Gasteiger partial charge >= 0.3 is 5.97 Å². The lowest BCUT2D eigenvalue weighted by molar-refractivity contribution is -0.132. The van der Waals surface area contributed by atoms with Crippen LogP contribution in [0.15, 0.2) is 66.1 Å². The molecule has 1 heterocycles. The van der Waals surface area contributed by atoms with Crippen LogP contribution in [0.4, 0.5) is 5.69 Å². The molecule has 3 rings (SSSR count). The number of hydrogen-bond donors (Lipinski definition) is 0. The van der Waals surface area contributed by atoms with Gasteiger partial charge in [-0.05, 0) is 43.3 Å². The van der Waals surface area contributed by atoms with Crippen LogP contribution in [-0.2, 0) is 24.4 Å². The van der Waals surface area contributed by atoms with E-state index in [2.05, 4.69) is 6.58 Å². The molecule has 1 atom stereocenters. The van der Waals surface area contributed by atoms with Gasteiger partial charge in [-0.2, -0.15) is 4.31 Å². The summed E-state index contributed by atoms with van der Waals surface area (Å²) in [5, 5.41) is 0. The number of ether oxygens (including phenoxy) is 1. The number of carbonyl (C=O) groups excluding carboxylic acids is 3. The van der Waals surface area contributed by atoms with Crippen LogP contribution in [-0.4, -0.2) is 43.1 Å². The Balaban J connectivity index is 1.91. The van der Waals surface area contributed by atoms with Crippen LogP contribution in [0.5, 0.6) is 5.75 Å². The summed E-state index contributed by atoms with van der Waals surface area (Å²) >= 11 is 0. The minimum Gasteiger partial charge on any atom is -0.427 e. The molecule has 2 amide bonds. The average molecular weight is 442 g/mol. The maximum atomic E-state index is 13.2. The molecule has 0 saturated carbocycles. The molecule has 0 bridgehead atoms. The minimum absolute atomic E-state index is 0.0318. The van der Waals surface area contributed by atoms with Crippen molar-refractivity contribution in [2.45, 2.75) is 31.2 Å². The fourth-order valence-electron chi connectivity index (χ4n) is 3.31. The summed E-state index contributed by atoms with van der Waals surface area (Å²) < 4.78 is 32.4. The summed E-state index contributed by atoms with van der Waals surface area (Å²) in [5.41, 5.74) is 1.16. The summed E-state index contributed by atoms with van der Waals surface area (Å²) in [6, 6.07) is 10.9. The SMILES string of the molecule is C=CCN(C1CC(=O)N(c2ccc(OC(C)=O)cc2)C1=O)S(=O)(=O)c1ccc(C)cc1. The molecule has 0 N–H and O–H groups in total. The number of rotatable bonds is 7. The fraction of sp³-hybridized carbons (Fsp3) is 0.227. The topological polar surface area (TPSA) is 101 Å². The molecule has 8 nitrogen and oxygen atoms in total. The zero-order chi connectivity index (χ0) is 22.8. The highest BCUT2D eigenvalue weighted by molar-refractivity contribution is 7.89. The van der Waals surface area contributed by atoms with Crippen molar-refractivity contribution in [3.8, 4) is 5.75 Å². The number of esters is 1. The Morgan fingerprint density at radius 2 is 1.77 bits per heavy atom. The Kier molecular flexibility index (Phi) is 6.37. The van der Waals surface area contributed by atoms with Crippen LogP contribution in [0.2, 0.25) is 0 Å². The van der Waals surface area contributed by atoms with Crippen LogP contribution in [0.3, 0.4) is 0 Å². The van der Waals surface area contributed by atoms with Crippen LogP contribution >= 0.6 is 0 Å². The monoisotopic (exact) mass is 442 g/mol. The van der Waals surface area contributed by atoms with E-state index >= 15 is 0 Å². The Hall–Kier alpha value is -3.30. The summed E-state index contributed by atoms with van der Waals surface area (Å²) in [7, 11) is -4.04. The van der Waals surface area contributed by atoms with Crippen molar-refractivity contribution in [2.75, 3.05) is 11.4 Å². The lowest BCUT2D eigenvalue weighted by atomic mass is 10.2. The van der Waals surface area contributed by atoms with Crippen LogP contribution < -0.4 is 9.64 Å². The van der Waals surface area contributed by atoms with E-state index in [0.717, 1.165) is 14.8 Å². The Labute approximate surface area is 180 Å². The lowest BCUT2D eigenvalue weighted by Gasteiger charge is -2.25. The number of benzene rings is 2. The Bertz CT molecular complexity index is 1120. The molecular formula is C22H22N2O6S. The van der Waals surface area contributed by atoms with Gasteiger partial charge in [0.05, 0.1) is 17.0 Å². The maximum absolute atomic E-state index is 13.2. The molecule has 1 fully saturated rings.